The van der Waals surface area contributed by atoms with Gasteiger partial charge in [0.1, 0.15) is 10.3 Å². The Hall–Kier alpha value is -0.970. The average Bonchev–Trinajstić information content (AvgIpc) is 2.30. The molecule has 0 atom stereocenters. The number of nitrogens with zero attached hydrogens (tertiary/aromatic N) is 2. The number of rotatable bonds is 3. The zero-order chi connectivity index (χ0) is 12.3. The molecule has 17 heavy (non-hydrogen) atoms. The second kappa shape index (κ2) is 5.58. The molecule has 0 aromatic carbocycles. The highest BCUT2D eigenvalue weighted by molar-refractivity contribution is 7.98. The molecular formula is C11H9Cl2N3S. The Morgan fingerprint density at radius 3 is 2.65 bits per heavy atom. The van der Waals surface area contributed by atoms with Crippen LogP contribution in [0.4, 0.5) is 5.69 Å². The van der Waals surface area contributed by atoms with Gasteiger partial charge in [-0.05, 0) is 23.8 Å². The molecule has 2 N–H and O–H groups in total. The van der Waals surface area contributed by atoms with Gasteiger partial charge in [0, 0.05) is 5.75 Å². The summed E-state index contributed by atoms with van der Waals surface area (Å²) in [5, 5.41) is 1.72. The lowest BCUT2D eigenvalue weighted by atomic mass is 10.3. The fourth-order valence-electron chi connectivity index (χ4n) is 1.18. The number of nitrogen functional groups attached to an aromatic ring is 1. The molecule has 0 spiro atoms. The smallest absolute Gasteiger partial charge is 0.134 e. The minimum atomic E-state index is 0.398. The van der Waals surface area contributed by atoms with Crippen LogP contribution in [0.25, 0.3) is 0 Å². The van der Waals surface area contributed by atoms with Crippen LogP contribution in [0.3, 0.4) is 0 Å². The summed E-state index contributed by atoms with van der Waals surface area (Å²) >= 11 is 13.3. The number of halogens is 2. The lowest BCUT2D eigenvalue weighted by molar-refractivity contribution is 1.13. The highest BCUT2D eigenvalue weighted by Crippen LogP contribution is 2.25. The first kappa shape index (κ1) is 12.5. The monoisotopic (exact) mass is 285 g/mol. The molecule has 0 aliphatic rings. The lowest BCUT2D eigenvalue weighted by Crippen LogP contribution is -1.89. The van der Waals surface area contributed by atoms with Gasteiger partial charge in [-0.1, -0.05) is 29.3 Å². The maximum Gasteiger partial charge on any atom is 0.134 e. The van der Waals surface area contributed by atoms with Gasteiger partial charge in [0.15, 0.2) is 0 Å². The number of anilines is 1. The molecule has 2 aromatic heterocycles. The van der Waals surface area contributed by atoms with E-state index < -0.39 is 0 Å². The molecule has 2 rings (SSSR count). The molecule has 0 aliphatic carbocycles. The Balaban J connectivity index is 2.04. The summed E-state index contributed by atoms with van der Waals surface area (Å²) in [7, 11) is 0. The molecule has 3 nitrogen and oxygen atoms in total. The van der Waals surface area contributed by atoms with E-state index in [1.807, 2.05) is 18.2 Å². The topological polar surface area (TPSA) is 51.8 Å². The van der Waals surface area contributed by atoms with Gasteiger partial charge in [0.05, 0.1) is 16.9 Å². The summed E-state index contributed by atoms with van der Waals surface area (Å²) in [5.41, 5.74) is 7.14. The first-order valence-electron chi connectivity index (χ1n) is 4.80. The van der Waals surface area contributed by atoms with Gasteiger partial charge >= 0.3 is 0 Å². The Kier molecular flexibility index (Phi) is 4.10. The summed E-state index contributed by atoms with van der Waals surface area (Å²) in [6, 6.07) is 7.27. The van der Waals surface area contributed by atoms with Gasteiger partial charge in [-0.3, -0.25) is 0 Å². The Labute approximate surface area is 113 Å². The van der Waals surface area contributed by atoms with Crippen LogP contribution < -0.4 is 5.73 Å². The molecule has 0 saturated carbocycles. The van der Waals surface area contributed by atoms with Crippen LogP contribution in [0.2, 0.25) is 10.3 Å². The third-order valence-corrected chi connectivity index (χ3v) is 3.56. The first-order valence-corrected chi connectivity index (χ1v) is 6.54. The van der Waals surface area contributed by atoms with Crippen LogP contribution >= 0.6 is 35.0 Å². The van der Waals surface area contributed by atoms with E-state index >= 15 is 0 Å². The fraction of sp³-hybridized carbons (Fsp3) is 0.0909. The van der Waals surface area contributed by atoms with Crippen molar-refractivity contribution in [2.75, 3.05) is 5.73 Å². The Bertz CT molecular complexity index is 517. The third-order valence-electron chi connectivity index (χ3n) is 2.03. The van der Waals surface area contributed by atoms with Gasteiger partial charge in [-0.2, -0.15) is 0 Å². The van der Waals surface area contributed by atoms with E-state index in [1.54, 1.807) is 24.0 Å². The molecule has 0 fully saturated rings. The molecule has 0 radical (unpaired) electrons. The summed E-state index contributed by atoms with van der Waals surface area (Å²) in [5.74, 6) is 0.694. The SMILES string of the molecule is Nc1ccc(SCc2ccc(Cl)nc2Cl)nc1. The number of nitrogens with two attached hydrogens (primary N) is 1. The van der Waals surface area contributed by atoms with Gasteiger partial charge in [-0.15, -0.1) is 11.8 Å². The van der Waals surface area contributed by atoms with Crippen LogP contribution in [0.5, 0.6) is 0 Å². The van der Waals surface area contributed by atoms with Crippen LogP contribution in [-0.4, -0.2) is 9.97 Å². The van der Waals surface area contributed by atoms with Gasteiger partial charge in [0.2, 0.25) is 0 Å². The van der Waals surface area contributed by atoms with Crippen molar-refractivity contribution >= 4 is 40.7 Å². The molecular weight excluding hydrogens is 277 g/mol. The summed E-state index contributed by atoms with van der Waals surface area (Å²) < 4.78 is 0. The van der Waals surface area contributed by atoms with Crippen molar-refractivity contribution in [3.8, 4) is 0 Å². The van der Waals surface area contributed by atoms with E-state index in [0.717, 1.165) is 10.6 Å². The standard InChI is InChI=1S/C11H9Cl2N3S/c12-9-3-1-7(11(13)16-9)6-17-10-4-2-8(14)5-15-10/h1-5H,6,14H2. The van der Waals surface area contributed by atoms with E-state index in [2.05, 4.69) is 9.97 Å². The predicted octanol–water partition coefficient (Wildman–Crippen LogP) is 3.66. The Morgan fingerprint density at radius 1 is 1.18 bits per heavy atom. The maximum atomic E-state index is 5.97. The van der Waals surface area contributed by atoms with E-state index in [-0.39, 0.29) is 0 Å². The maximum absolute atomic E-state index is 5.97. The highest BCUT2D eigenvalue weighted by Gasteiger charge is 2.04. The van der Waals surface area contributed by atoms with Gasteiger partial charge in [-0.25, -0.2) is 9.97 Å². The normalized spacial score (nSPS) is 10.5. The van der Waals surface area contributed by atoms with E-state index in [9.17, 15) is 0 Å². The van der Waals surface area contributed by atoms with E-state index in [4.69, 9.17) is 28.9 Å². The number of hydrogen-bond acceptors (Lipinski definition) is 4. The molecule has 2 heterocycles. The summed E-state index contributed by atoms with van der Waals surface area (Å²) in [6.07, 6.45) is 1.63. The number of hydrogen-bond donors (Lipinski definition) is 1. The second-order valence-corrected chi connectivity index (χ2v) is 5.04. The second-order valence-electron chi connectivity index (χ2n) is 3.30. The van der Waals surface area contributed by atoms with Crippen molar-refractivity contribution in [3.05, 3.63) is 46.3 Å². The lowest BCUT2D eigenvalue weighted by Gasteiger charge is -2.03. The zero-order valence-corrected chi connectivity index (χ0v) is 11.1. The van der Waals surface area contributed by atoms with Crippen molar-refractivity contribution in [1.82, 2.24) is 9.97 Å². The third kappa shape index (κ3) is 3.49. The van der Waals surface area contributed by atoms with Crippen molar-refractivity contribution in [3.63, 3.8) is 0 Å². The number of thioether (sulfide) groups is 1. The van der Waals surface area contributed by atoms with Crippen LogP contribution in [0.1, 0.15) is 5.56 Å². The van der Waals surface area contributed by atoms with Crippen molar-refractivity contribution in [2.45, 2.75) is 10.8 Å². The summed E-state index contributed by atoms with van der Waals surface area (Å²) in [4.78, 5) is 8.17. The van der Waals surface area contributed by atoms with Crippen LogP contribution in [0, 0.1) is 0 Å². The molecule has 0 unspecified atom stereocenters. The fourth-order valence-corrected chi connectivity index (χ4v) is 2.50. The molecule has 0 bridgehead atoms. The van der Waals surface area contributed by atoms with Crippen molar-refractivity contribution in [2.24, 2.45) is 0 Å². The van der Waals surface area contributed by atoms with E-state index in [1.165, 1.54) is 0 Å². The first-order chi connectivity index (χ1) is 8.15. The van der Waals surface area contributed by atoms with Crippen molar-refractivity contribution < 1.29 is 0 Å². The zero-order valence-electron chi connectivity index (χ0n) is 8.73. The summed E-state index contributed by atoms with van der Waals surface area (Å²) in [6.45, 7) is 0. The highest BCUT2D eigenvalue weighted by atomic mass is 35.5. The van der Waals surface area contributed by atoms with Crippen molar-refractivity contribution in [1.29, 1.82) is 0 Å². The number of pyridine rings is 2. The van der Waals surface area contributed by atoms with E-state index in [0.29, 0.717) is 21.7 Å². The average molecular weight is 286 g/mol. The molecule has 0 amide bonds. The molecule has 6 heteroatoms. The van der Waals surface area contributed by atoms with Crippen LogP contribution in [-0.2, 0) is 5.75 Å². The minimum absolute atomic E-state index is 0.398. The quantitative estimate of drug-likeness (QED) is 0.691. The predicted molar refractivity (Wildman–Crippen MR) is 72.5 cm³/mol. The number of aromatic nitrogens is 2. The Morgan fingerprint density at radius 2 is 2.00 bits per heavy atom. The van der Waals surface area contributed by atoms with Crippen LogP contribution in [0.15, 0.2) is 35.5 Å². The van der Waals surface area contributed by atoms with Gasteiger partial charge < -0.3 is 5.73 Å². The minimum Gasteiger partial charge on any atom is -0.397 e. The largest absolute Gasteiger partial charge is 0.397 e. The molecule has 2 aromatic rings. The molecule has 0 saturated heterocycles. The molecule has 0 aliphatic heterocycles. The van der Waals surface area contributed by atoms with Gasteiger partial charge in [0.25, 0.3) is 0 Å². The molecule has 88 valence electrons.